The number of benzene rings is 1. The van der Waals surface area contributed by atoms with Crippen LogP contribution in [0.1, 0.15) is 82.8 Å². The number of fused-ring (bicyclic) bond motifs is 2. The Labute approximate surface area is 173 Å². The first kappa shape index (κ1) is 20.0. The van der Waals surface area contributed by atoms with Gasteiger partial charge in [0.1, 0.15) is 12.4 Å². The molecule has 0 heterocycles. The van der Waals surface area contributed by atoms with Crippen LogP contribution in [0.5, 0.6) is 5.75 Å². The van der Waals surface area contributed by atoms with Crippen molar-refractivity contribution in [3.05, 3.63) is 41.5 Å². The van der Waals surface area contributed by atoms with Crippen molar-refractivity contribution >= 4 is 0 Å². The van der Waals surface area contributed by atoms with Crippen molar-refractivity contribution in [2.45, 2.75) is 84.5 Å². The molecule has 0 N–H and O–H groups in total. The van der Waals surface area contributed by atoms with Gasteiger partial charge < -0.3 is 4.74 Å². The molecule has 1 heteroatoms. The number of ether oxygens (including phenoxy) is 1. The molecule has 0 aliphatic heterocycles. The Morgan fingerprint density at radius 3 is 2.54 bits per heavy atom. The van der Waals surface area contributed by atoms with E-state index in [0.717, 1.165) is 35.3 Å². The van der Waals surface area contributed by atoms with Crippen LogP contribution in [0.15, 0.2) is 30.4 Å². The number of rotatable bonds is 6. The second-order valence-corrected chi connectivity index (χ2v) is 9.87. The SMILES string of the molecule is C/C=C/COc1ccc2c(c1)CCC(C1CCC3CC(CCC)CCC3C1)C2. The maximum Gasteiger partial charge on any atom is 0.120 e. The predicted octanol–water partition coefficient (Wildman–Crippen LogP) is 7.38. The van der Waals surface area contributed by atoms with E-state index in [1.165, 1.54) is 64.2 Å². The van der Waals surface area contributed by atoms with E-state index in [4.69, 9.17) is 4.74 Å². The second kappa shape index (κ2) is 9.51. The summed E-state index contributed by atoms with van der Waals surface area (Å²) in [5.41, 5.74) is 3.14. The Bertz CT molecular complexity index is 660. The van der Waals surface area contributed by atoms with Gasteiger partial charge in [-0.05, 0) is 111 Å². The average Bonchev–Trinajstić information content (AvgIpc) is 2.73. The molecule has 5 unspecified atom stereocenters. The van der Waals surface area contributed by atoms with Gasteiger partial charge in [-0.15, -0.1) is 0 Å². The lowest BCUT2D eigenvalue weighted by Gasteiger charge is -2.45. The van der Waals surface area contributed by atoms with Gasteiger partial charge in [0.05, 0.1) is 0 Å². The van der Waals surface area contributed by atoms with Gasteiger partial charge in [0.25, 0.3) is 0 Å². The molecule has 0 spiro atoms. The summed E-state index contributed by atoms with van der Waals surface area (Å²) in [4.78, 5) is 0. The van der Waals surface area contributed by atoms with Gasteiger partial charge in [0, 0.05) is 0 Å². The Morgan fingerprint density at radius 1 is 0.929 bits per heavy atom. The monoisotopic (exact) mass is 380 g/mol. The van der Waals surface area contributed by atoms with E-state index in [9.17, 15) is 0 Å². The van der Waals surface area contributed by atoms with Gasteiger partial charge in [0.15, 0.2) is 0 Å². The van der Waals surface area contributed by atoms with Crippen molar-refractivity contribution < 1.29 is 4.74 Å². The summed E-state index contributed by atoms with van der Waals surface area (Å²) in [6, 6.07) is 6.85. The summed E-state index contributed by atoms with van der Waals surface area (Å²) >= 11 is 0. The van der Waals surface area contributed by atoms with Crippen molar-refractivity contribution in [2.24, 2.45) is 29.6 Å². The smallest absolute Gasteiger partial charge is 0.120 e. The lowest BCUT2D eigenvalue weighted by Crippen LogP contribution is -2.35. The lowest BCUT2D eigenvalue weighted by molar-refractivity contribution is 0.0695. The third-order valence-corrected chi connectivity index (χ3v) is 8.15. The van der Waals surface area contributed by atoms with Crippen molar-refractivity contribution in [1.29, 1.82) is 0 Å². The molecule has 1 aromatic rings. The van der Waals surface area contributed by atoms with Crippen LogP contribution in [-0.2, 0) is 12.8 Å². The molecular weight excluding hydrogens is 340 g/mol. The van der Waals surface area contributed by atoms with E-state index >= 15 is 0 Å². The van der Waals surface area contributed by atoms with Crippen LogP contribution in [0, 0.1) is 29.6 Å². The molecule has 1 aromatic carbocycles. The van der Waals surface area contributed by atoms with Gasteiger partial charge in [-0.25, -0.2) is 0 Å². The number of hydrogen-bond acceptors (Lipinski definition) is 1. The third-order valence-electron chi connectivity index (χ3n) is 8.15. The van der Waals surface area contributed by atoms with Crippen LogP contribution in [0.3, 0.4) is 0 Å². The topological polar surface area (TPSA) is 9.23 Å². The number of aryl methyl sites for hydroxylation is 1. The maximum absolute atomic E-state index is 5.85. The summed E-state index contributed by atoms with van der Waals surface area (Å²) in [7, 11) is 0. The summed E-state index contributed by atoms with van der Waals surface area (Å²) in [6.45, 7) is 5.09. The number of hydrogen-bond donors (Lipinski definition) is 0. The van der Waals surface area contributed by atoms with Crippen LogP contribution < -0.4 is 4.74 Å². The molecule has 0 radical (unpaired) electrons. The second-order valence-electron chi connectivity index (χ2n) is 9.87. The molecular formula is C27H40O. The van der Waals surface area contributed by atoms with E-state index in [1.807, 2.05) is 13.0 Å². The van der Waals surface area contributed by atoms with Gasteiger partial charge in [0.2, 0.25) is 0 Å². The normalized spacial score (nSPS) is 32.7. The molecule has 4 rings (SSSR count). The Balaban J connectivity index is 1.32. The fraction of sp³-hybridized carbons (Fsp3) is 0.704. The fourth-order valence-electron chi connectivity index (χ4n) is 6.61. The zero-order valence-corrected chi connectivity index (χ0v) is 18.2. The summed E-state index contributed by atoms with van der Waals surface area (Å²) in [5.74, 6) is 6.12. The molecule has 2 saturated carbocycles. The first-order valence-electron chi connectivity index (χ1n) is 12.1. The molecule has 0 saturated heterocycles. The minimum atomic E-state index is 0.682. The first-order chi connectivity index (χ1) is 13.8. The zero-order valence-electron chi connectivity index (χ0n) is 18.2. The van der Waals surface area contributed by atoms with Crippen LogP contribution in [0.2, 0.25) is 0 Å². The molecule has 0 amide bonds. The molecule has 28 heavy (non-hydrogen) atoms. The standard InChI is InChI=1S/C27H40O/c1-3-5-15-28-27-14-13-25-18-24(11-12-26(25)19-27)23-10-9-21-16-20(6-4-2)7-8-22(21)17-23/h3,5,13-14,19-24H,4,6-12,15-18H2,1-2H3/b5-3+. The summed E-state index contributed by atoms with van der Waals surface area (Å²) in [6.07, 6.45) is 20.1. The quantitative estimate of drug-likeness (QED) is 0.468. The van der Waals surface area contributed by atoms with Crippen LogP contribution in [0.25, 0.3) is 0 Å². The maximum atomic E-state index is 5.85. The molecule has 0 bridgehead atoms. The van der Waals surface area contributed by atoms with Crippen molar-refractivity contribution in [1.82, 2.24) is 0 Å². The fourth-order valence-corrected chi connectivity index (χ4v) is 6.61. The molecule has 5 atom stereocenters. The first-order valence-corrected chi connectivity index (χ1v) is 12.1. The summed E-state index contributed by atoms with van der Waals surface area (Å²) in [5, 5.41) is 0. The Kier molecular flexibility index (Phi) is 6.81. The highest BCUT2D eigenvalue weighted by Gasteiger charge is 2.38. The van der Waals surface area contributed by atoms with E-state index in [-0.39, 0.29) is 0 Å². The van der Waals surface area contributed by atoms with Crippen LogP contribution >= 0.6 is 0 Å². The van der Waals surface area contributed by atoms with E-state index in [1.54, 1.807) is 17.5 Å². The van der Waals surface area contributed by atoms with Crippen molar-refractivity contribution in [3.63, 3.8) is 0 Å². The molecule has 3 aliphatic carbocycles. The predicted molar refractivity (Wildman–Crippen MR) is 119 cm³/mol. The lowest BCUT2D eigenvalue weighted by atomic mass is 9.61. The van der Waals surface area contributed by atoms with Crippen LogP contribution in [-0.4, -0.2) is 6.61 Å². The van der Waals surface area contributed by atoms with Gasteiger partial charge in [-0.3, -0.25) is 0 Å². The van der Waals surface area contributed by atoms with Gasteiger partial charge >= 0.3 is 0 Å². The Morgan fingerprint density at radius 2 is 1.71 bits per heavy atom. The molecule has 1 nitrogen and oxygen atoms in total. The molecule has 0 aromatic heterocycles. The highest BCUT2D eigenvalue weighted by atomic mass is 16.5. The molecule has 154 valence electrons. The largest absolute Gasteiger partial charge is 0.490 e. The minimum absolute atomic E-state index is 0.682. The Hall–Kier alpha value is -1.24. The zero-order chi connectivity index (χ0) is 19.3. The van der Waals surface area contributed by atoms with E-state index in [2.05, 4.69) is 31.2 Å². The summed E-state index contributed by atoms with van der Waals surface area (Å²) < 4.78 is 5.85. The van der Waals surface area contributed by atoms with E-state index < -0.39 is 0 Å². The van der Waals surface area contributed by atoms with Crippen molar-refractivity contribution in [3.8, 4) is 5.75 Å². The molecule has 3 aliphatic rings. The highest BCUT2D eigenvalue weighted by Crippen LogP contribution is 2.49. The van der Waals surface area contributed by atoms with Gasteiger partial charge in [-0.2, -0.15) is 0 Å². The van der Waals surface area contributed by atoms with Crippen molar-refractivity contribution in [2.75, 3.05) is 6.61 Å². The highest BCUT2D eigenvalue weighted by molar-refractivity contribution is 5.37. The molecule has 2 fully saturated rings. The third kappa shape index (κ3) is 4.66. The minimum Gasteiger partial charge on any atom is -0.490 e. The van der Waals surface area contributed by atoms with E-state index in [0.29, 0.717) is 6.61 Å². The average molecular weight is 381 g/mol. The number of allylic oxidation sites excluding steroid dienone is 1. The van der Waals surface area contributed by atoms with Gasteiger partial charge in [-0.1, -0.05) is 44.4 Å². The van der Waals surface area contributed by atoms with Crippen LogP contribution in [0.4, 0.5) is 0 Å².